The summed E-state index contributed by atoms with van der Waals surface area (Å²) in [6, 6.07) is 21.2. The molecule has 0 aromatic heterocycles. The van der Waals surface area contributed by atoms with Gasteiger partial charge in [0.15, 0.2) is 0 Å². The lowest BCUT2D eigenvalue weighted by Gasteiger charge is -2.09. The molecule has 0 aliphatic rings. The van der Waals surface area contributed by atoms with E-state index in [-0.39, 0.29) is 6.04 Å². The van der Waals surface area contributed by atoms with Gasteiger partial charge in [0.25, 0.3) is 0 Å². The Bertz CT molecular complexity index is 502. The lowest BCUT2D eigenvalue weighted by atomic mass is 10.0. The predicted molar refractivity (Wildman–Crippen MR) is 82.7 cm³/mol. The largest absolute Gasteiger partial charge is 0.289 e. The molecule has 0 spiro atoms. The van der Waals surface area contributed by atoms with Gasteiger partial charge in [-0.25, -0.2) is 0 Å². The third kappa shape index (κ3) is 4.36. The van der Waals surface area contributed by atoms with Gasteiger partial charge in [0.05, 0.1) is 6.04 Å². The summed E-state index contributed by atoms with van der Waals surface area (Å²) < 4.78 is 0. The molecule has 0 amide bonds. The van der Waals surface area contributed by atoms with Gasteiger partial charge in [0.2, 0.25) is 0 Å². The van der Waals surface area contributed by atoms with Crippen molar-refractivity contribution in [3.8, 4) is 0 Å². The minimum atomic E-state index is 0.236. The van der Waals surface area contributed by atoms with Crippen LogP contribution in [0.1, 0.15) is 31.0 Å². The van der Waals surface area contributed by atoms with Crippen LogP contribution in [0.25, 0.3) is 0 Å². The third-order valence-corrected chi connectivity index (χ3v) is 3.25. The molecule has 1 heteroatoms. The SMILES string of the molecule is CC(C=NC(C)c1ccccc1)Cc1ccccc1. The monoisotopic (exact) mass is 251 g/mol. The van der Waals surface area contributed by atoms with Crippen molar-refractivity contribution in [1.82, 2.24) is 0 Å². The van der Waals surface area contributed by atoms with Crippen molar-refractivity contribution in [1.29, 1.82) is 0 Å². The Morgan fingerprint density at radius 2 is 1.47 bits per heavy atom. The first-order valence-electron chi connectivity index (χ1n) is 6.88. The van der Waals surface area contributed by atoms with E-state index in [4.69, 9.17) is 0 Å². The van der Waals surface area contributed by atoms with E-state index in [0.717, 1.165) is 6.42 Å². The quantitative estimate of drug-likeness (QED) is 0.683. The maximum Gasteiger partial charge on any atom is 0.0717 e. The second kappa shape index (κ2) is 6.89. The molecule has 2 aromatic rings. The average Bonchev–Trinajstić information content (AvgIpc) is 2.47. The molecular formula is C18H21N. The van der Waals surface area contributed by atoms with Crippen molar-refractivity contribution in [3.63, 3.8) is 0 Å². The van der Waals surface area contributed by atoms with Crippen LogP contribution in [-0.2, 0) is 6.42 Å². The highest BCUT2D eigenvalue weighted by molar-refractivity contribution is 5.61. The van der Waals surface area contributed by atoms with Gasteiger partial charge in [-0.3, -0.25) is 4.99 Å². The molecule has 2 aromatic carbocycles. The molecule has 0 radical (unpaired) electrons. The summed E-state index contributed by atoms with van der Waals surface area (Å²) in [6.45, 7) is 4.36. The molecule has 0 fully saturated rings. The third-order valence-electron chi connectivity index (χ3n) is 3.25. The number of hydrogen-bond acceptors (Lipinski definition) is 1. The normalized spacial score (nSPS) is 14.4. The van der Waals surface area contributed by atoms with Crippen molar-refractivity contribution in [2.75, 3.05) is 0 Å². The molecule has 2 atom stereocenters. The Kier molecular flexibility index (Phi) is 4.91. The summed E-state index contributed by atoms with van der Waals surface area (Å²) >= 11 is 0. The second-order valence-electron chi connectivity index (χ2n) is 5.05. The molecule has 0 saturated carbocycles. The Labute approximate surface area is 116 Å². The number of rotatable bonds is 5. The van der Waals surface area contributed by atoms with Gasteiger partial charge in [0.1, 0.15) is 0 Å². The Hall–Kier alpha value is -1.89. The van der Waals surface area contributed by atoms with E-state index in [1.165, 1.54) is 11.1 Å². The maximum absolute atomic E-state index is 4.67. The van der Waals surface area contributed by atoms with E-state index in [0.29, 0.717) is 5.92 Å². The molecule has 1 nitrogen and oxygen atoms in total. The van der Waals surface area contributed by atoms with Crippen LogP contribution >= 0.6 is 0 Å². The van der Waals surface area contributed by atoms with E-state index >= 15 is 0 Å². The first-order valence-corrected chi connectivity index (χ1v) is 6.88. The first-order chi connectivity index (χ1) is 9.25. The number of aliphatic imine (C=N–C) groups is 1. The standard InChI is InChI=1S/C18H21N/c1-15(13-17-9-5-3-6-10-17)14-19-16(2)18-11-7-4-8-12-18/h3-12,14-16H,13H2,1-2H3. The summed E-state index contributed by atoms with van der Waals surface area (Å²) in [5, 5.41) is 0. The molecular weight excluding hydrogens is 230 g/mol. The molecule has 2 rings (SSSR count). The van der Waals surface area contributed by atoms with Crippen molar-refractivity contribution in [2.24, 2.45) is 10.9 Å². The number of benzene rings is 2. The topological polar surface area (TPSA) is 12.4 Å². The highest BCUT2D eigenvalue weighted by atomic mass is 14.8. The van der Waals surface area contributed by atoms with E-state index < -0.39 is 0 Å². The number of nitrogens with zero attached hydrogens (tertiary/aromatic N) is 1. The van der Waals surface area contributed by atoms with Crippen LogP contribution in [0.4, 0.5) is 0 Å². The molecule has 0 heterocycles. The van der Waals surface area contributed by atoms with Crippen LogP contribution in [0.5, 0.6) is 0 Å². The first kappa shape index (κ1) is 13.5. The van der Waals surface area contributed by atoms with E-state index in [9.17, 15) is 0 Å². The lowest BCUT2D eigenvalue weighted by molar-refractivity contribution is 0.753. The summed E-state index contributed by atoms with van der Waals surface area (Å²) in [5.41, 5.74) is 2.64. The average molecular weight is 251 g/mol. The zero-order chi connectivity index (χ0) is 13.5. The minimum absolute atomic E-state index is 0.236. The van der Waals surface area contributed by atoms with E-state index in [1.807, 2.05) is 6.07 Å². The zero-order valence-corrected chi connectivity index (χ0v) is 11.7. The Balaban J connectivity index is 1.91. The van der Waals surface area contributed by atoms with Crippen LogP contribution in [0.3, 0.4) is 0 Å². The highest BCUT2D eigenvalue weighted by Gasteiger charge is 2.03. The van der Waals surface area contributed by atoms with Crippen LogP contribution in [0.2, 0.25) is 0 Å². The lowest BCUT2D eigenvalue weighted by Crippen LogP contribution is -2.02. The zero-order valence-electron chi connectivity index (χ0n) is 11.7. The van der Waals surface area contributed by atoms with Gasteiger partial charge in [-0.1, -0.05) is 67.6 Å². The van der Waals surface area contributed by atoms with Crippen molar-refractivity contribution < 1.29 is 0 Å². The van der Waals surface area contributed by atoms with Gasteiger partial charge < -0.3 is 0 Å². The van der Waals surface area contributed by atoms with Gasteiger partial charge in [-0.05, 0) is 30.4 Å². The molecule has 0 aliphatic carbocycles. The van der Waals surface area contributed by atoms with Crippen LogP contribution in [-0.4, -0.2) is 6.21 Å². The van der Waals surface area contributed by atoms with Gasteiger partial charge in [0, 0.05) is 6.21 Å². The number of hydrogen-bond donors (Lipinski definition) is 0. The van der Waals surface area contributed by atoms with Crippen molar-refractivity contribution in [2.45, 2.75) is 26.3 Å². The molecule has 0 bridgehead atoms. The summed E-state index contributed by atoms with van der Waals surface area (Å²) in [5.74, 6) is 0.466. The molecule has 2 unspecified atom stereocenters. The Morgan fingerprint density at radius 1 is 0.895 bits per heavy atom. The fourth-order valence-corrected chi connectivity index (χ4v) is 2.13. The van der Waals surface area contributed by atoms with Crippen LogP contribution in [0, 0.1) is 5.92 Å². The summed E-state index contributed by atoms with van der Waals surface area (Å²) in [6.07, 6.45) is 3.14. The molecule has 0 N–H and O–H groups in total. The van der Waals surface area contributed by atoms with Gasteiger partial charge in [-0.15, -0.1) is 0 Å². The second-order valence-corrected chi connectivity index (χ2v) is 5.05. The maximum atomic E-state index is 4.67. The Morgan fingerprint density at radius 3 is 2.11 bits per heavy atom. The van der Waals surface area contributed by atoms with Gasteiger partial charge in [-0.2, -0.15) is 0 Å². The summed E-state index contributed by atoms with van der Waals surface area (Å²) in [7, 11) is 0. The van der Waals surface area contributed by atoms with Crippen molar-refractivity contribution >= 4 is 6.21 Å². The smallest absolute Gasteiger partial charge is 0.0717 e. The van der Waals surface area contributed by atoms with E-state index in [2.05, 4.69) is 79.7 Å². The van der Waals surface area contributed by atoms with Crippen LogP contribution in [0.15, 0.2) is 65.7 Å². The fraction of sp³-hybridized carbons (Fsp3) is 0.278. The van der Waals surface area contributed by atoms with E-state index in [1.54, 1.807) is 0 Å². The van der Waals surface area contributed by atoms with Crippen molar-refractivity contribution in [3.05, 3.63) is 71.8 Å². The fourth-order valence-electron chi connectivity index (χ4n) is 2.13. The molecule has 19 heavy (non-hydrogen) atoms. The van der Waals surface area contributed by atoms with Gasteiger partial charge >= 0.3 is 0 Å². The summed E-state index contributed by atoms with van der Waals surface area (Å²) in [4.78, 5) is 4.67. The molecule has 98 valence electrons. The van der Waals surface area contributed by atoms with Crippen LogP contribution < -0.4 is 0 Å². The molecule has 0 aliphatic heterocycles. The highest BCUT2D eigenvalue weighted by Crippen LogP contribution is 2.16. The predicted octanol–water partition coefficient (Wildman–Crippen LogP) is 4.70. The minimum Gasteiger partial charge on any atom is -0.289 e. The molecule has 0 saturated heterocycles.